The van der Waals surface area contributed by atoms with Crippen LogP contribution in [0.3, 0.4) is 0 Å². The van der Waals surface area contributed by atoms with Crippen molar-refractivity contribution in [3.8, 4) is 0 Å². The summed E-state index contributed by atoms with van der Waals surface area (Å²) >= 11 is 0. The maximum Gasteiger partial charge on any atom is 0.151 e. The number of aliphatic hydroxyl groups is 1. The highest BCUT2D eigenvalue weighted by atomic mass is 32.2. The fourth-order valence-electron chi connectivity index (χ4n) is 4.98. The summed E-state index contributed by atoms with van der Waals surface area (Å²) in [5.74, 6) is 0.275. The van der Waals surface area contributed by atoms with Crippen molar-refractivity contribution in [1.29, 1.82) is 0 Å². The summed E-state index contributed by atoms with van der Waals surface area (Å²) in [6, 6.07) is 0. The van der Waals surface area contributed by atoms with Crippen molar-refractivity contribution in [2.24, 2.45) is 16.6 Å². The highest BCUT2D eigenvalue weighted by Crippen LogP contribution is 2.56. The summed E-state index contributed by atoms with van der Waals surface area (Å²) in [6.45, 7) is 0.287. The standard InChI is InChI=1S/C15H27NO3S/c16-11-14(9-10-20(18,19)12-14)15(17)7-5-13(6-8-15)3-1-2-4-13/h17H,1-12,16H2. The lowest BCUT2D eigenvalue weighted by Gasteiger charge is -2.50. The van der Waals surface area contributed by atoms with Crippen LogP contribution in [0.1, 0.15) is 57.8 Å². The van der Waals surface area contributed by atoms with Gasteiger partial charge >= 0.3 is 0 Å². The van der Waals surface area contributed by atoms with E-state index in [4.69, 9.17) is 5.73 Å². The van der Waals surface area contributed by atoms with Gasteiger partial charge in [-0.3, -0.25) is 0 Å². The predicted octanol–water partition coefficient (Wildman–Crippen LogP) is 1.62. The minimum atomic E-state index is -3.02. The normalized spacial score (nSPS) is 38.3. The van der Waals surface area contributed by atoms with Gasteiger partial charge in [0.1, 0.15) is 0 Å². The van der Waals surface area contributed by atoms with Gasteiger partial charge < -0.3 is 10.8 Å². The van der Waals surface area contributed by atoms with Crippen molar-refractivity contribution in [3.63, 3.8) is 0 Å². The average molecular weight is 301 g/mol. The van der Waals surface area contributed by atoms with Gasteiger partial charge in [0.15, 0.2) is 9.84 Å². The van der Waals surface area contributed by atoms with Crippen LogP contribution >= 0.6 is 0 Å². The van der Waals surface area contributed by atoms with Gasteiger partial charge in [-0.25, -0.2) is 8.42 Å². The van der Waals surface area contributed by atoms with E-state index in [0.717, 1.165) is 25.7 Å². The molecular formula is C15H27NO3S. The van der Waals surface area contributed by atoms with Crippen LogP contribution in [0, 0.1) is 10.8 Å². The maximum atomic E-state index is 11.9. The molecule has 5 heteroatoms. The third-order valence-electron chi connectivity index (χ3n) is 6.57. The molecule has 1 heterocycles. The molecule has 1 saturated heterocycles. The summed E-state index contributed by atoms with van der Waals surface area (Å²) in [4.78, 5) is 0. The molecule has 0 aromatic carbocycles. The van der Waals surface area contributed by atoms with Gasteiger partial charge in [-0.2, -0.15) is 0 Å². The Balaban J connectivity index is 1.79. The topological polar surface area (TPSA) is 80.4 Å². The second-order valence-electron chi connectivity index (χ2n) is 7.57. The summed E-state index contributed by atoms with van der Waals surface area (Å²) in [7, 11) is -3.02. The van der Waals surface area contributed by atoms with Gasteiger partial charge in [-0.15, -0.1) is 0 Å². The molecule has 0 radical (unpaired) electrons. The van der Waals surface area contributed by atoms with E-state index in [-0.39, 0.29) is 18.1 Å². The number of rotatable bonds is 2. The van der Waals surface area contributed by atoms with E-state index in [1.807, 2.05) is 0 Å². The molecule has 3 N–H and O–H groups in total. The van der Waals surface area contributed by atoms with Crippen molar-refractivity contribution in [1.82, 2.24) is 0 Å². The van der Waals surface area contributed by atoms with Crippen molar-refractivity contribution < 1.29 is 13.5 Å². The zero-order valence-electron chi connectivity index (χ0n) is 12.2. The molecular weight excluding hydrogens is 274 g/mol. The first-order valence-electron chi connectivity index (χ1n) is 7.97. The molecule has 1 aliphatic heterocycles. The Bertz CT molecular complexity index is 471. The van der Waals surface area contributed by atoms with Gasteiger partial charge in [0.25, 0.3) is 0 Å². The smallest absolute Gasteiger partial charge is 0.151 e. The molecule has 116 valence electrons. The summed E-state index contributed by atoms with van der Waals surface area (Å²) < 4.78 is 23.7. The molecule has 0 aromatic heterocycles. The third kappa shape index (κ3) is 2.22. The van der Waals surface area contributed by atoms with Crippen LogP contribution in [0.15, 0.2) is 0 Å². The van der Waals surface area contributed by atoms with Crippen molar-refractivity contribution in [2.75, 3.05) is 18.1 Å². The zero-order valence-corrected chi connectivity index (χ0v) is 13.1. The van der Waals surface area contributed by atoms with Crippen LogP contribution < -0.4 is 5.73 Å². The SMILES string of the molecule is NCC1(C2(O)CCC3(CCCC3)CC2)CCS(=O)(=O)C1. The molecule has 1 unspecified atom stereocenters. The van der Waals surface area contributed by atoms with E-state index in [2.05, 4.69) is 0 Å². The largest absolute Gasteiger partial charge is 0.389 e. The van der Waals surface area contributed by atoms with E-state index in [9.17, 15) is 13.5 Å². The van der Waals surface area contributed by atoms with E-state index in [1.165, 1.54) is 25.7 Å². The van der Waals surface area contributed by atoms with Crippen molar-refractivity contribution in [3.05, 3.63) is 0 Å². The van der Waals surface area contributed by atoms with E-state index >= 15 is 0 Å². The van der Waals surface area contributed by atoms with Crippen LogP contribution in [0.5, 0.6) is 0 Å². The number of hydrogen-bond acceptors (Lipinski definition) is 4. The number of nitrogens with two attached hydrogens (primary N) is 1. The lowest BCUT2D eigenvalue weighted by molar-refractivity contribution is -0.115. The van der Waals surface area contributed by atoms with Crippen molar-refractivity contribution in [2.45, 2.75) is 63.4 Å². The second-order valence-corrected chi connectivity index (χ2v) is 9.75. The first kappa shape index (κ1) is 14.8. The fraction of sp³-hybridized carbons (Fsp3) is 1.00. The minimum Gasteiger partial charge on any atom is -0.389 e. The van der Waals surface area contributed by atoms with Crippen LogP contribution in [-0.4, -0.2) is 37.2 Å². The van der Waals surface area contributed by atoms with Crippen LogP contribution in [0.4, 0.5) is 0 Å². The molecule has 0 aromatic rings. The Labute approximate surface area is 122 Å². The van der Waals surface area contributed by atoms with Gasteiger partial charge in [-0.05, 0) is 50.4 Å². The molecule has 3 fully saturated rings. The predicted molar refractivity (Wildman–Crippen MR) is 79.1 cm³/mol. The molecule has 3 aliphatic rings. The number of hydrogen-bond donors (Lipinski definition) is 2. The molecule has 0 amide bonds. The highest BCUT2D eigenvalue weighted by Gasteiger charge is 2.57. The van der Waals surface area contributed by atoms with Crippen LogP contribution in [0.25, 0.3) is 0 Å². The lowest BCUT2D eigenvalue weighted by Crippen LogP contribution is -2.56. The van der Waals surface area contributed by atoms with Crippen LogP contribution in [-0.2, 0) is 9.84 Å². The monoisotopic (exact) mass is 301 g/mol. The Morgan fingerprint density at radius 3 is 2.00 bits per heavy atom. The van der Waals surface area contributed by atoms with Crippen molar-refractivity contribution >= 4 is 9.84 Å². The van der Waals surface area contributed by atoms with Crippen LogP contribution in [0.2, 0.25) is 0 Å². The molecule has 0 bridgehead atoms. The van der Waals surface area contributed by atoms with E-state index in [1.54, 1.807) is 0 Å². The Hall–Kier alpha value is -0.130. The van der Waals surface area contributed by atoms with E-state index in [0.29, 0.717) is 11.8 Å². The molecule has 2 saturated carbocycles. The van der Waals surface area contributed by atoms with Gasteiger partial charge in [-0.1, -0.05) is 12.8 Å². The highest BCUT2D eigenvalue weighted by molar-refractivity contribution is 7.91. The van der Waals surface area contributed by atoms with Gasteiger partial charge in [0.05, 0.1) is 17.1 Å². The summed E-state index contributed by atoms with van der Waals surface area (Å²) in [5.41, 5.74) is 4.92. The molecule has 3 rings (SSSR count). The molecule has 2 aliphatic carbocycles. The lowest BCUT2D eigenvalue weighted by atomic mass is 9.59. The fourth-order valence-corrected chi connectivity index (χ4v) is 7.20. The Morgan fingerprint density at radius 2 is 1.55 bits per heavy atom. The Kier molecular flexibility index (Phi) is 3.46. The second kappa shape index (κ2) is 4.68. The molecule has 1 atom stereocenters. The zero-order chi connectivity index (χ0) is 14.5. The first-order chi connectivity index (χ1) is 9.35. The minimum absolute atomic E-state index is 0.0833. The number of sulfone groups is 1. The Morgan fingerprint density at radius 1 is 0.950 bits per heavy atom. The maximum absolute atomic E-state index is 11.9. The van der Waals surface area contributed by atoms with Gasteiger partial charge in [0, 0.05) is 12.0 Å². The average Bonchev–Trinajstić information content (AvgIpc) is 2.99. The molecule has 20 heavy (non-hydrogen) atoms. The van der Waals surface area contributed by atoms with E-state index < -0.39 is 20.9 Å². The third-order valence-corrected chi connectivity index (χ3v) is 8.39. The molecule has 4 nitrogen and oxygen atoms in total. The quantitative estimate of drug-likeness (QED) is 0.812. The molecule has 1 spiro atoms. The van der Waals surface area contributed by atoms with Gasteiger partial charge in [0.2, 0.25) is 0 Å². The summed E-state index contributed by atoms with van der Waals surface area (Å²) in [6.07, 6.45) is 9.31. The summed E-state index contributed by atoms with van der Waals surface area (Å²) in [5, 5.41) is 11.2. The first-order valence-corrected chi connectivity index (χ1v) is 9.80.